The van der Waals surface area contributed by atoms with Crippen molar-refractivity contribution >= 4 is 12.7 Å². The summed E-state index contributed by atoms with van der Waals surface area (Å²) >= 11 is 0. The van der Waals surface area contributed by atoms with Crippen LogP contribution in [-0.2, 0) is 0 Å². The maximum Gasteiger partial charge on any atom is 0.363 e. The number of hydrazine groups is 1. The van der Waals surface area contributed by atoms with Gasteiger partial charge in [-0.3, -0.25) is 0 Å². The van der Waals surface area contributed by atoms with E-state index in [0.29, 0.717) is 0 Å². The molecular formula is C2H3N5O3. The summed E-state index contributed by atoms with van der Waals surface area (Å²) in [5.74, 6) is 5.01. The van der Waals surface area contributed by atoms with E-state index < -0.39 is 5.09 Å². The first-order chi connectivity index (χ1) is 4.63. The molecule has 0 radical (unpaired) electrons. The maximum absolute atomic E-state index is 8.25. The number of hydrogen-bond acceptors (Lipinski definition) is 7. The standard InChI is InChI=1S/C2H3N4.NO3/c3-6-1-4-5-2-6;2-1(3)4/h1H,3H2;/q+1;-1. The zero-order valence-electron chi connectivity index (χ0n) is 4.67. The third kappa shape index (κ3) is 6.21. The molecule has 1 aliphatic heterocycles. The topological polar surface area (TPSA) is 120 Å². The third-order valence-electron chi connectivity index (χ3n) is 0.394. The average molecular weight is 145 g/mol. The van der Waals surface area contributed by atoms with Crippen LogP contribution in [-0.4, -0.2) is 22.8 Å². The van der Waals surface area contributed by atoms with Gasteiger partial charge in [0.05, 0.1) is 10.2 Å². The Hall–Kier alpha value is -1.79. The molecule has 54 valence electrons. The molecule has 1 aliphatic rings. The van der Waals surface area contributed by atoms with Crippen molar-refractivity contribution < 1.29 is 5.09 Å². The molecule has 0 aromatic heterocycles. The van der Waals surface area contributed by atoms with E-state index in [1.54, 1.807) is 0 Å². The van der Waals surface area contributed by atoms with Crippen molar-refractivity contribution in [3.05, 3.63) is 15.3 Å². The predicted molar refractivity (Wildman–Crippen MR) is 32.3 cm³/mol. The highest BCUT2D eigenvalue weighted by Crippen LogP contribution is 1.76. The Morgan fingerprint density at radius 3 is 2.30 bits per heavy atom. The molecule has 0 saturated heterocycles. The Bertz CT molecular complexity index is 148. The molecule has 10 heavy (non-hydrogen) atoms. The van der Waals surface area contributed by atoms with Crippen molar-refractivity contribution in [2.45, 2.75) is 0 Å². The lowest BCUT2D eigenvalue weighted by molar-refractivity contribution is -0.402. The third-order valence-corrected chi connectivity index (χ3v) is 0.394. The minimum Gasteiger partial charge on any atom is -0.356 e. The van der Waals surface area contributed by atoms with Gasteiger partial charge in [-0.25, -0.2) is 0 Å². The van der Waals surface area contributed by atoms with Crippen LogP contribution >= 0.6 is 0 Å². The number of nitrogens with zero attached hydrogens (tertiary/aromatic N) is 4. The first-order valence-corrected chi connectivity index (χ1v) is 1.97. The van der Waals surface area contributed by atoms with E-state index in [-0.39, 0.29) is 0 Å². The molecule has 2 N–H and O–H groups in total. The second-order valence-electron chi connectivity index (χ2n) is 1.06. The van der Waals surface area contributed by atoms with Crippen molar-refractivity contribution in [2.24, 2.45) is 16.0 Å². The normalized spacial score (nSPS) is 11.9. The zero-order chi connectivity index (χ0) is 7.98. The first-order valence-electron chi connectivity index (χ1n) is 1.97. The van der Waals surface area contributed by atoms with E-state index in [2.05, 4.69) is 16.5 Å². The van der Waals surface area contributed by atoms with Crippen LogP contribution in [0.15, 0.2) is 10.2 Å². The van der Waals surface area contributed by atoms with Crippen LogP contribution < -0.4 is 5.84 Å². The molecule has 0 unspecified atom stereocenters. The Labute approximate surface area is 55.3 Å². The van der Waals surface area contributed by atoms with Gasteiger partial charge in [-0.15, -0.1) is 0 Å². The quantitative estimate of drug-likeness (QED) is 0.198. The van der Waals surface area contributed by atoms with Gasteiger partial charge in [0.15, 0.2) is 0 Å². The van der Waals surface area contributed by atoms with Crippen LogP contribution in [0.5, 0.6) is 0 Å². The largest absolute Gasteiger partial charge is 0.363 e. The van der Waals surface area contributed by atoms with Crippen LogP contribution in [0.25, 0.3) is 0 Å². The van der Waals surface area contributed by atoms with E-state index in [9.17, 15) is 0 Å². The molecular weight excluding hydrogens is 142 g/mol. The lowest BCUT2D eigenvalue weighted by atomic mass is 11.1. The highest BCUT2D eigenvalue weighted by atomic mass is 16.9. The molecule has 0 amide bonds. The summed E-state index contributed by atoms with van der Waals surface area (Å²) in [6.45, 7) is 0. The highest BCUT2D eigenvalue weighted by molar-refractivity contribution is 5.77. The molecule has 1 rings (SSSR count). The van der Waals surface area contributed by atoms with Crippen LogP contribution in [0, 0.1) is 15.3 Å². The van der Waals surface area contributed by atoms with Crippen molar-refractivity contribution in [1.82, 2.24) is 5.01 Å². The van der Waals surface area contributed by atoms with Gasteiger partial charge in [0, 0.05) is 0 Å². The molecule has 1 heterocycles. The van der Waals surface area contributed by atoms with E-state index in [0.717, 1.165) is 5.01 Å². The van der Waals surface area contributed by atoms with Crippen LogP contribution in [0.3, 0.4) is 0 Å². The summed E-state index contributed by atoms with van der Waals surface area (Å²) in [5.41, 5.74) is 0. The number of nitrogens with two attached hydrogens (primary N) is 1. The average Bonchev–Trinajstić information content (AvgIpc) is 2.15. The van der Waals surface area contributed by atoms with Crippen molar-refractivity contribution in [2.75, 3.05) is 0 Å². The predicted octanol–water partition coefficient (Wildman–Crippen LogP) is -1.21. The van der Waals surface area contributed by atoms with Gasteiger partial charge in [-0.2, -0.15) is 5.84 Å². The monoisotopic (exact) mass is 145 g/mol. The van der Waals surface area contributed by atoms with E-state index >= 15 is 0 Å². The van der Waals surface area contributed by atoms with Crippen LogP contribution in [0.2, 0.25) is 0 Å². The zero-order valence-corrected chi connectivity index (χ0v) is 4.67. The van der Waals surface area contributed by atoms with E-state index in [1.165, 1.54) is 6.34 Å². The Morgan fingerprint density at radius 2 is 2.20 bits per heavy atom. The Morgan fingerprint density at radius 1 is 1.70 bits per heavy atom. The van der Waals surface area contributed by atoms with Gasteiger partial charge in [0.2, 0.25) is 0 Å². The summed E-state index contributed by atoms with van der Waals surface area (Å²) in [4.78, 5) is 8.25. The molecule has 0 aromatic carbocycles. The van der Waals surface area contributed by atoms with Gasteiger partial charge in [-0.05, 0) is 10.1 Å². The summed E-state index contributed by atoms with van der Waals surface area (Å²) in [6, 6.07) is 0. The smallest absolute Gasteiger partial charge is 0.356 e. The van der Waals surface area contributed by atoms with Gasteiger partial charge in [0.1, 0.15) is 0 Å². The van der Waals surface area contributed by atoms with Gasteiger partial charge >= 0.3 is 6.34 Å². The van der Waals surface area contributed by atoms with Crippen molar-refractivity contribution in [3.8, 4) is 0 Å². The van der Waals surface area contributed by atoms with Crippen LogP contribution in [0.4, 0.5) is 0 Å². The fourth-order valence-electron chi connectivity index (χ4n) is 0.185. The minimum atomic E-state index is -1.75. The molecule has 0 atom stereocenters. The summed E-state index contributed by atoms with van der Waals surface area (Å²) in [6.07, 6.45) is 3.69. The number of rotatable bonds is 0. The molecule has 0 spiro atoms. The van der Waals surface area contributed by atoms with E-state index in [1.807, 2.05) is 0 Å². The van der Waals surface area contributed by atoms with Crippen molar-refractivity contribution in [1.29, 1.82) is 0 Å². The Kier molecular flexibility index (Phi) is 3.39. The highest BCUT2D eigenvalue weighted by Gasteiger charge is 2.04. The second-order valence-corrected chi connectivity index (χ2v) is 1.06. The fraction of sp³-hybridized carbons (Fsp3) is 0. The van der Waals surface area contributed by atoms with Gasteiger partial charge in [-0.1, -0.05) is 0 Å². The second kappa shape index (κ2) is 4.13. The lowest BCUT2D eigenvalue weighted by Gasteiger charge is -1.75. The maximum atomic E-state index is 8.25. The molecule has 8 heteroatoms. The molecule has 0 aliphatic carbocycles. The minimum absolute atomic E-state index is 1.15. The van der Waals surface area contributed by atoms with Crippen LogP contribution in [0.1, 0.15) is 0 Å². The molecule has 0 aromatic rings. The summed E-state index contributed by atoms with van der Waals surface area (Å²) < 4.78 is 0. The molecule has 0 bridgehead atoms. The molecule has 8 nitrogen and oxygen atoms in total. The van der Waals surface area contributed by atoms with Gasteiger partial charge in [0.25, 0.3) is 6.34 Å². The molecule has 0 saturated carbocycles. The SMILES string of the molecule is NN1[C+]=NN=C1.O=[N+]([O-])[O-]. The Balaban J connectivity index is 0.000000180. The fourth-order valence-corrected chi connectivity index (χ4v) is 0.185. The van der Waals surface area contributed by atoms with Gasteiger partial charge < -0.3 is 15.3 Å². The first kappa shape index (κ1) is 8.21. The van der Waals surface area contributed by atoms with Crippen molar-refractivity contribution in [3.63, 3.8) is 0 Å². The summed E-state index contributed by atoms with van der Waals surface area (Å²) in [5, 5.41) is 22.5. The molecule has 0 fully saturated rings. The summed E-state index contributed by atoms with van der Waals surface area (Å²) in [7, 11) is 0. The lowest BCUT2D eigenvalue weighted by Crippen LogP contribution is -2.24. The van der Waals surface area contributed by atoms with E-state index in [4.69, 9.17) is 21.2 Å². The number of hydrogen-bond donors (Lipinski definition) is 1.